The Bertz CT molecular complexity index is 150. The maximum Gasteiger partial charge on any atom is 0.0348 e. The van der Waals surface area contributed by atoms with Gasteiger partial charge < -0.3 is 5.32 Å². The fraction of sp³-hybridized carbons (Fsp3) is 0.800. The van der Waals surface area contributed by atoms with Crippen molar-refractivity contribution in [2.45, 2.75) is 26.3 Å². The molecule has 1 heterocycles. The highest BCUT2D eigenvalue weighted by Crippen LogP contribution is 2.07. The summed E-state index contributed by atoms with van der Waals surface area (Å²) in [6.07, 6.45) is 1.24. The Balaban J connectivity index is 2.31. The SMILES string of the molecule is C=C(C)CN(CCC)C1CNC1. The van der Waals surface area contributed by atoms with E-state index in [1.807, 2.05) is 0 Å². The van der Waals surface area contributed by atoms with Crippen LogP contribution in [-0.2, 0) is 0 Å². The summed E-state index contributed by atoms with van der Waals surface area (Å²) in [5.74, 6) is 0. The van der Waals surface area contributed by atoms with E-state index in [9.17, 15) is 0 Å². The second-order valence-corrected chi connectivity index (χ2v) is 3.74. The highest BCUT2D eigenvalue weighted by molar-refractivity contribution is 4.96. The van der Waals surface area contributed by atoms with E-state index in [1.165, 1.54) is 18.5 Å². The third kappa shape index (κ3) is 2.61. The highest BCUT2D eigenvalue weighted by Gasteiger charge is 2.23. The lowest BCUT2D eigenvalue weighted by molar-refractivity contribution is 0.158. The van der Waals surface area contributed by atoms with Crippen molar-refractivity contribution in [3.05, 3.63) is 12.2 Å². The van der Waals surface area contributed by atoms with Crippen LogP contribution in [0.3, 0.4) is 0 Å². The van der Waals surface area contributed by atoms with Gasteiger partial charge >= 0.3 is 0 Å². The quantitative estimate of drug-likeness (QED) is 0.621. The predicted octanol–water partition coefficient (Wildman–Crippen LogP) is 1.25. The molecule has 0 saturated carbocycles. The van der Waals surface area contributed by atoms with Crippen LogP contribution in [0.1, 0.15) is 20.3 Å². The van der Waals surface area contributed by atoms with Crippen molar-refractivity contribution in [3.8, 4) is 0 Å². The first-order valence-corrected chi connectivity index (χ1v) is 4.83. The Morgan fingerprint density at radius 2 is 2.25 bits per heavy atom. The third-order valence-electron chi connectivity index (χ3n) is 2.26. The van der Waals surface area contributed by atoms with Gasteiger partial charge in [0.2, 0.25) is 0 Å². The molecule has 70 valence electrons. The van der Waals surface area contributed by atoms with Gasteiger partial charge in [-0.2, -0.15) is 0 Å². The molecule has 12 heavy (non-hydrogen) atoms. The first-order chi connectivity index (χ1) is 5.74. The van der Waals surface area contributed by atoms with Gasteiger partial charge in [0.1, 0.15) is 0 Å². The van der Waals surface area contributed by atoms with Crippen LogP contribution < -0.4 is 5.32 Å². The first kappa shape index (κ1) is 9.75. The summed E-state index contributed by atoms with van der Waals surface area (Å²) < 4.78 is 0. The van der Waals surface area contributed by atoms with E-state index in [0.717, 1.165) is 25.7 Å². The first-order valence-electron chi connectivity index (χ1n) is 4.83. The molecule has 0 aromatic heterocycles. The molecule has 1 fully saturated rings. The van der Waals surface area contributed by atoms with Crippen LogP contribution in [0.5, 0.6) is 0 Å². The van der Waals surface area contributed by atoms with Crippen molar-refractivity contribution in [2.24, 2.45) is 0 Å². The molecule has 0 spiro atoms. The topological polar surface area (TPSA) is 15.3 Å². The van der Waals surface area contributed by atoms with E-state index < -0.39 is 0 Å². The summed E-state index contributed by atoms with van der Waals surface area (Å²) in [5.41, 5.74) is 1.27. The molecule has 1 saturated heterocycles. The molecular weight excluding hydrogens is 148 g/mol. The van der Waals surface area contributed by atoms with Crippen molar-refractivity contribution in [1.29, 1.82) is 0 Å². The number of rotatable bonds is 5. The van der Waals surface area contributed by atoms with Crippen molar-refractivity contribution < 1.29 is 0 Å². The molecule has 0 aromatic rings. The van der Waals surface area contributed by atoms with E-state index in [4.69, 9.17) is 0 Å². The monoisotopic (exact) mass is 168 g/mol. The van der Waals surface area contributed by atoms with Crippen LogP contribution in [0.25, 0.3) is 0 Å². The summed E-state index contributed by atoms with van der Waals surface area (Å²) in [6.45, 7) is 12.9. The molecule has 1 N–H and O–H groups in total. The smallest absolute Gasteiger partial charge is 0.0348 e. The van der Waals surface area contributed by atoms with E-state index in [0.29, 0.717) is 0 Å². The molecule has 0 amide bonds. The van der Waals surface area contributed by atoms with Gasteiger partial charge in [-0.1, -0.05) is 19.1 Å². The molecule has 0 atom stereocenters. The molecular formula is C10H20N2. The Kier molecular flexibility index (Phi) is 3.76. The average Bonchev–Trinajstić information content (AvgIpc) is 1.81. The molecule has 0 unspecified atom stereocenters. The summed E-state index contributed by atoms with van der Waals surface area (Å²) in [4.78, 5) is 2.53. The minimum atomic E-state index is 0.765. The average molecular weight is 168 g/mol. The lowest BCUT2D eigenvalue weighted by atomic mass is 10.1. The molecule has 1 rings (SSSR count). The van der Waals surface area contributed by atoms with Crippen molar-refractivity contribution in [1.82, 2.24) is 10.2 Å². The maximum atomic E-state index is 3.96. The maximum absolute atomic E-state index is 3.96. The van der Waals surface area contributed by atoms with Crippen LogP contribution in [0.2, 0.25) is 0 Å². The summed E-state index contributed by atoms with van der Waals surface area (Å²) in [6, 6.07) is 0.765. The van der Waals surface area contributed by atoms with Gasteiger partial charge in [0.15, 0.2) is 0 Å². The van der Waals surface area contributed by atoms with Crippen molar-refractivity contribution in [2.75, 3.05) is 26.2 Å². The van der Waals surface area contributed by atoms with Gasteiger partial charge in [0.05, 0.1) is 0 Å². The number of nitrogens with one attached hydrogen (secondary N) is 1. The number of hydrogen-bond donors (Lipinski definition) is 1. The fourth-order valence-corrected chi connectivity index (χ4v) is 1.56. The third-order valence-corrected chi connectivity index (χ3v) is 2.26. The van der Waals surface area contributed by atoms with Gasteiger partial charge in [-0.15, -0.1) is 0 Å². The van der Waals surface area contributed by atoms with E-state index >= 15 is 0 Å². The Morgan fingerprint density at radius 1 is 1.58 bits per heavy atom. The van der Waals surface area contributed by atoms with Gasteiger partial charge in [-0.25, -0.2) is 0 Å². The molecule has 2 nitrogen and oxygen atoms in total. The van der Waals surface area contributed by atoms with Gasteiger partial charge in [-0.05, 0) is 19.9 Å². The Labute approximate surface area is 75.6 Å². The standard InChI is InChI=1S/C10H20N2/c1-4-5-12(8-9(2)3)10-6-11-7-10/h10-11H,2,4-8H2,1,3H3. The minimum Gasteiger partial charge on any atom is -0.314 e. The van der Waals surface area contributed by atoms with Crippen LogP contribution in [0.4, 0.5) is 0 Å². The summed E-state index contributed by atoms with van der Waals surface area (Å²) >= 11 is 0. The summed E-state index contributed by atoms with van der Waals surface area (Å²) in [5, 5.41) is 3.30. The van der Waals surface area contributed by atoms with Crippen molar-refractivity contribution in [3.63, 3.8) is 0 Å². The molecule has 2 heteroatoms. The van der Waals surface area contributed by atoms with Crippen LogP contribution in [-0.4, -0.2) is 37.1 Å². The van der Waals surface area contributed by atoms with E-state index in [2.05, 4.69) is 30.6 Å². The highest BCUT2D eigenvalue weighted by atomic mass is 15.2. The van der Waals surface area contributed by atoms with Gasteiger partial charge in [0.25, 0.3) is 0 Å². The normalized spacial score (nSPS) is 17.9. The molecule has 0 radical (unpaired) electrons. The molecule has 1 aliphatic heterocycles. The number of nitrogens with zero attached hydrogens (tertiary/aromatic N) is 1. The second kappa shape index (κ2) is 4.63. The van der Waals surface area contributed by atoms with Crippen LogP contribution in [0.15, 0.2) is 12.2 Å². The van der Waals surface area contributed by atoms with Gasteiger partial charge in [-0.3, -0.25) is 4.90 Å². The lowest BCUT2D eigenvalue weighted by Crippen LogP contribution is -2.57. The van der Waals surface area contributed by atoms with Crippen LogP contribution in [0, 0.1) is 0 Å². The molecule has 1 aliphatic rings. The summed E-state index contributed by atoms with van der Waals surface area (Å²) in [7, 11) is 0. The predicted molar refractivity (Wildman–Crippen MR) is 53.3 cm³/mol. The zero-order valence-corrected chi connectivity index (χ0v) is 8.27. The molecule has 0 aromatic carbocycles. The zero-order valence-electron chi connectivity index (χ0n) is 8.27. The van der Waals surface area contributed by atoms with E-state index in [-0.39, 0.29) is 0 Å². The van der Waals surface area contributed by atoms with Gasteiger partial charge in [0, 0.05) is 25.7 Å². The fourth-order valence-electron chi connectivity index (χ4n) is 1.56. The largest absolute Gasteiger partial charge is 0.314 e. The van der Waals surface area contributed by atoms with Crippen LogP contribution >= 0.6 is 0 Å². The minimum absolute atomic E-state index is 0.765. The van der Waals surface area contributed by atoms with Crippen molar-refractivity contribution >= 4 is 0 Å². The zero-order chi connectivity index (χ0) is 8.97. The number of hydrogen-bond acceptors (Lipinski definition) is 2. The van der Waals surface area contributed by atoms with E-state index in [1.54, 1.807) is 0 Å². The Hall–Kier alpha value is -0.340. The molecule has 0 aliphatic carbocycles. The Morgan fingerprint density at radius 3 is 2.58 bits per heavy atom. The lowest BCUT2D eigenvalue weighted by Gasteiger charge is -2.38. The molecule has 0 bridgehead atoms. The second-order valence-electron chi connectivity index (χ2n) is 3.74.